The molecule has 190 valence electrons. The molecule has 5 rings (SSSR count). The molecule has 0 atom stereocenters. The molecule has 0 fully saturated rings. The van der Waals surface area contributed by atoms with Gasteiger partial charge in [0.1, 0.15) is 17.0 Å². The zero-order chi connectivity index (χ0) is 26.3. The van der Waals surface area contributed by atoms with Gasteiger partial charge in [-0.15, -0.1) is 0 Å². The van der Waals surface area contributed by atoms with E-state index in [0.717, 1.165) is 11.1 Å². The summed E-state index contributed by atoms with van der Waals surface area (Å²) in [6.45, 7) is 0.356. The van der Waals surface area contributed by atoms with Crippen molar-refractivity contribution in [3.63, 3.8) is 0 Å². The zero-order valence-electron chi connectivity index (χ0n) is 20.0. The first-order valence-electron chi connectivity index (χ1n) is 11.8. The highest BCUT2D eigenvalue weighted by Gasteiger charge is 2.16. The van der Waals surface area contributed by atoms with Crippen molar-refractivity contribution in [1.82, 2.24) is 15.6 Å². The minimum Gasteiger partial charge on any atom is -0.450 e. The fourth-order valence-electron chi connectivity index (χ4n) is 3.64. The van der Waals surface area contributed by atoms with Crippen LogP contribution in [0.3, 0.4) is 0 Å². The summed E-state index contributed by atoms with van der Waals surface area (Å²) in [5.74, 6) is -0.465. The van der Waals surface area contributed by atoms with Gasteiger partial charge in [0.2, 0.25) is 0 Å². The van der Waals surface area contributed by atoms with E-state index in [-0.39, 0.29) is 5.70 Å². The lowest BCUT2D eigenvalue weighted by atomic mass is 10.1. The van der Waals surface area contributed by atoms with Crippen LogP contribution in [-0.4, -0.2) is 23.3 Å². The lowest BCUT2D eigenvalue weighted by Gasteiger charge is -2.11. The van der Waals surface area contributed by atoms with Gasteiger partial charge in [0.15, 0.2) is 10.7 Å². The molecule has 2 N–H and O–H groups in total. The minimum atomic E-state index is -0.444. The number of furan rings is 1. The number of nitrogens with zero attached hydrogens (tertiary/aromatic N) is 1. The van der Waals surface area contributed by atoms with Gasteiger partial charge in [-0.3, -0.25) is 9.59 Å². The molecule has 38 heavy (non-hydrogen) atoms. The molecule has 0 bridgehead atoms. The number of carbonyl (C=O) groups excluding carboxylic acids is 2. The van der Waals surface area contributed by atoms with Crippen LogP contribution in [0.4, 0.5) is 0 Å². The van der Waals surface area contributed by atoms with Crippen LogP contribution in [0.25, 0.3) is 17.2 Å². The molecule has 2 heterocycles. The second-order valence-electron chi connectivity index (χ2n) is 8.22. The molecule has 0 radical (unpaired) electrons. The Kier molecular flexibility index (Phi) is 7.92. The Morgan fingerprint density at radius 1 is 0.921 bits per heavy atom. The van der Waals surface area contributed by atoms with Crippen LogP contribution in [0.15, 0.2) is 116 Å². The largest absolute Gasteiger partial charge is 0.450 e. The summed E-state index contributed by atoms with van der Waals surface area (Å²) >= 11 is 7.27. The highest BCUT2D eigenvalue weighted by atomic mass is 35.5. The number of aromatic nitrogens is 1. The fraction of sp³-hybridized carbons (Fsp3) is 0.0690. The maximum absolute atomic E-state index is 13.1. The number of amides is 2. The molecular weight excluding hydrogens is 522 g/mol. The average molecular weight is 544 g/mol. The number of hydrogen-bond acceptors (Lipinski definition) is 6. The number of oxazole rings is 1. The van der Waals surface area contributed by atoms with Crippen molar-refractivity contribution in [1.29, 1.82) is 0 Å². The molecule has 0 saturated heterocycles. The summed E-state index contributed by atoms with van der Waals surface area (Å²) in [6, 6.07) is 27.0. The Balaban J connectivity index is 1.31. The van der Waals surface area contributed by atoms with Crippen molar-refractivity contribution < 1.29 is 18.4 Å². The Labute approximate surface area is 227 Å². The fourth-order valence-corrected chi connectivity index (χ4v) is 4.57. The highest BCUT2D eigenvalue weighted by Crippen LogP contribution is 2.31. The smallest absolute Gasteiger partial charge is 0.267 e. The molecular formula is C29H22ClN3O4S. The average Bonchev–Trinajstić information content (AvgIpc) is 3.55. The molecule has 0 unspecified atom stereocenters. The SMILES string of the molecule is O=C(NCCc1cccc(Cl)c1)/C(=C/c1ccc(Sc2nc3ccccc3o2)o1)NC(=O)c1ccccc1. The van der Waals surface area contributed by atoms with E-state index in [0.29, 0.717) is 45.2 Å². The molecule has 0 aliphatic heterocycles. The quantitative estimate of drug-likeness (QED) is 0.210. The number of halogens is 1. The van der Waals surface area contributed by atoms with Gasteiger partial charge in [-0.05, 0) is 60.5 Å². The van der Waals surface area contributed by atoms with Gasteiger partial charge in [0.25, 0.3) is 17.0 Å². The number of hydrogen-bond donors (Lipinski definition) is 2. The van der Waals surface area contributed by atoms with Gasteiger partial charge < -0.3 is 19.5 Å². The highest BCUT2D eigenvalue weighted by molar-refractivity contribution is 7.99. The second kappa shape index (κ2) is 11.9. The molecule has 9 heteroatoms. The van der Waals surface area contributed by atoms with E-state index >= 15 is 0 Å². The number of fused-ring (bicyclic) bond motifs is 1. The van der Waals surface area contributed by atoms with Crippen LogP contribution in [0.2, 0.25) is 5.02 Å². The third-order valence-corrected chi connectivity index (χ3v) is 6.47. The number of carbonyl (C=O) groups is 2. The maximum atomic E-state index is 13.1. The van der Waals surface area contributed by atoms with Crippen LogP contribution in [0, 0.1) is 0 Å². The van der Waals surface area contributed by atoms with E-state index in [1.165, 1.54) is 17.8 Å². The summed E-state index contributed by atoms with van der Waals surface area (Å²) in [6.07, 6.45) is 2.07. The zero-order valence-corrected chi connectivity index (χ0v) is 21.6. The number of benzene rings is 3. The number of para-hydroxylation sites is 2. The van der Waals surface area contributed by atoms with Crippen molar-refractivity contribution in [2.45, 2.75) is 16.7 Å². The first-order valence-corrected chi connectivity index (χ1v) is 13.0. The standard InChI is InChI=1S/C29H22ClN3O4S/c30-21-10-6-7-19(17-21)15-16-31-28(35)24(32-27(34)20-8-2-1-3-9-20)18-22-13-14-26(36-22)38-29-33-23-11-4-5-12-25(23)37-29/h1-14,17-18H,15-16H2,(H,31,35)(H,32,34)/b24-18-. The van der Waals surface area contributed by atoms with Crippen molar-refractivity contribution in [3.05, 3.63) is 119 Å². The topological polar surface area (TPSA) is 97.4 Å². The predicted octanol–water partition coefficient (Wildman–Crippen LogP) is 6.36. The molecule has 0 spiro atoms. The van der Waals surface area contributed by atoms with Crippen LogP contribution in [0.1, 0.15) is 21.7 Å². The van der Waals surface area contributed by atoms with Crippen molar-refractivity contribution in [2.75, 3.05) is 6.54 Å². The Morgan fingerprint density at radius 2 is 1.74 bits per heavy atom. The number of nitrogens with one attached hydrogen (secondary N) is 2. The van der Waals surface area contributed by atoms with Crippen molar-refractivity contribution in [2.24, 2.45) is 0 Å². The summed E-state index contributed by atoms with van der Waals surface area (Å²) in [5.41, 5.74) is 2.90. The summed E-state index contributed by atoms with van der Waals surface area (Å²) in [4.78, 5) is 30.3. The third kappa shape index (κ3) is 6.53. The Morgan fingerprint density at radius 3 is 2.55 bits per heavy atom. The maximum Gasteiger partial charge on any atom is 0.267 e. The van der Waals surface area contributed by atoms with Gasteiger partial charge in [0, 0.05) is 35.0 Å². The summed E-state index contributed by atoms with van der Waals surface area (Å²) in [7, 11) is 0. The summed E-state index contributed by atoms with van der Waals surface area (Å²) in [5, 5.41) is 7.16. The van der Waals surface area contributed by atoms with Gasteiger partial charge in [-0.1, -0.05) is 54.1 Å². The van der Waals surface area contributed by atoms with Crippen LogP contribution >= 0.6 is 23.4 Å². The Bertz CT molecular complexity index is 1580. The lowest BCUT2D eigenvalue weighted by molar-refractivity contribution is -0.117. The van der Waals surface area contributed by atoms with Crippen molar-refractivity contribution in [3.8, 4) is 0 Å². The molecule has 3 aromatic carbocycles. The van der Waals surface area contributed by atoms with Gasteiger partial charge in [0.05, 0.1) is 0 Å². The molecule has 2 aromatic heterocycles. The molecule has 2 amide bonds. The van der Waals surface area contributed by atoms with E-state index < -0.39 is 11.8 Å². The Hall–Kier alpha value is -4.27. The van der Waals surface area contributed by atoms with Gasteiger partial charge >= 0.3 is 0 Å². The molecule has 7 nitrogen and oxygen atoms in total. The number of rotatable bonds is 9. The van der Waals surface area contributed by atoms with Crippen molar-refractivity contribution >= 4 is 52.4 Å². The van der Waals surface area contributed by atoms with E-state index in [1.54, 1.807) is 42.5 Å². The molecule has 0 saturated carbocycles. The second-order valence-corrected chi connectivity index (χ2v) is 9.61. The van der Waals surface area contributed by atoms with Gasteiger partial charge in [-0.2, -0.15) is 0 Å². The van der Waals surface area contributed by atoms with E-state index in [1.807, 2.05) is 48.5 Å². The minimum absolute atomic E-state index is 0.0534. The summed E-state index contributed by atoms with van der Waals surface area (Å²) < 4.78 is 11.6. The molecule has 5 aromatic rings. The first-order chi connectivity index (χ1) is 18.5. The van der Waals surface area contributed by atoms with E-state index in [2.05, 4.69) is 15.6 Å². The van der Waals surface area contributed by atoms with Crippen LogP contribution in [0.5, 0.6) is 0 Å². The monoisotopic (exact) mass is 543 g/mol. The van der Waals surface area contributed by atoms with Gasteiger partial charge in [-0.25, -0.2) is 4.98 Å². The normalized spacial score (nSPS) is 11.4. The molecule has 0 aliphatic carbocycles. The van der Waals surface area contributed by atoms with E-state index in [9.17, 15) is 9.59 Å². The predicted molar refractivity (Wildman–Crippen MR) is 147 cm³/mol. The van der Waals surface area contributed by atoms with Crippen LogP contribution in [-0.2, 0) is 11.2 Å². The first kappa shape index (κ1) is 25.4. The molecule has 0 aliphatic rings. The lowest BCUT2D eigenvalue weighted by Crippen LogP contribution is -2.35. The third-order valence-electron chi connectivity index (χ3n) is 5.47. The van der Waals surface area contributed by atoms with Crippen LogP contribution < -0.4 is 10.6 Å². The van der Waals surface area contributed by atoms with E-state index in [4.69, 9.17) is 20.4 Å².